The molecule has 0 aromatic heterocycles. The molecule has 13 heteroatoms. The van der Waals surface area contributed by atoms with Crippen molar-refractivity contribution in [3.63, 3.8) is 0 Å². The number of hydrogen-bond acceptors (Lipinski definition) is 10. The lowest BCUT2D eigenvalue weighted by molar-refractivity contribution is -0.173. The number of aromatic carboxylic acids is 1. The molecule has 0 aliphatic heterocycles. The van der Waals surface area contributed by atoms with Crippen LogP contribution in [0.1, 0.15) is 34.0 Å². The van der Waals surface area contributed by atoms with E-state index in [9.17, 15) is 49.6 Å². The minimum absolute atomic E-state index is 0.0183. The molecule has 1 saturated carbocycles. The van der Waals surface area contributed by atoms with Crippen molar-refractivity contribution in [3.05, 3.63) is 99.1 Å². The Morgan fingerprint density at radius 3 is 2.28 bits per heavy atom. The number of carbonyl (C=O) groups excluding carboxylic acids is 3. The van der Waals surface area contributed by atoms with E-state index in [-0.39, 0.29) is 22.3 Å². The predicted octanol–water partition coefficient (Wildman–Crippen LogP) is 2.66. The number of ketones is 2. The molecule has 12 nitrogen and oxygen atoms in total. The van der Waals surface area contributed by atoms with E-state index < -0.39 is 78.3 Å². The molecule has 0 radical (unpaired) electrons. The Bertz CT molecular complexity index is 1790. The summed E-state index contributed by atoms with van der Waals surface area (Å²) < 4.78 is -2.00. The summed E-state index contributed by atoms with van der Waals surface area (Å²) in [5.41, 5.74) is -2.75. The van der Waals surface area contributed by atoms with Gasteiger partial charge in [-0.25, -0.2) is 4.79 Å². The van der Waals surface area contributed by atoms with Crippen molar-refractivity contribution < 1.29 is 44.7 Å². The van der Waals surface area contributed by atoms with Gasteiger partial charge in [0, 0.05) is 5.92 Å². The first kappa shape index (κ1) is 30.0. The maximum absolute atomic E-state index is 14.6. The number of alkyl halides is 1. The van der Waals surface area contributed by atoms with E-state index in [0.717, 1.165) is 6.08 Å². The second-order valence-corrected chi connectivity index (χ2v) is 12.2. The second kappa shape index (κ2) is 9.79. The highest BCUT2D eigenvalue weighted by Gasteiger charge is 2.77. The zero-order chi connectivity index (χ0) is 31.8. The molecule has 0 bridgehead atoms. The fourth-order valence-corrected chi connectivity index (χ4v) is 8.02. The van der Waals surface area contributed by atoms with Gasteiger partial charge in [0.2, 0.25) is 5.78 Å². The van der Waals surface area contributed by atoms with Gasteiger partial charge >= 0.3 is 5.97 Å². The average molecular weight is 698 g/mol. The van der Waals surface area contributed by atoms with Crippen LogP contribution in [0.3, 0.4) is 0 Å². The van der Waals surface area contributed by atoms with Crippen LogP contribution in [0.15, 0.2) is 77.1 Å². The average Bonchev–Trinajstić information content (AvgIpc) is 2.96. The smallest absolute Gasteiger partial charge is 0.335 e. The summed E-state index contributed by atoms with van der Waals surface area (Å²) in [6.07, 6.45) is 0.412. The highest BCUT2D eigenvalue weighted by Crippen LogP contribution is 2.67. The number of nitrogens with two attached hydrogens (primary N) is 1. The van der Waals surface area contributed by atoms with E-state index in [2.05, 4.69) is 11.8 Å². The Balaban J connectivity index is 1.94. The lowest BCUT2D eigenvalue weighted by Crippen LogP contribution is -2.75. The molecule has 43 heavy (non-hydrogen) atoms. The van der Waals surface area contributed by atoms with Crippen LogP contribution >= 0.6 is 22.6 Å². The number of carboxylic acids is 1. The molecule has 0 unspecified atom stereocenters. The molecule has 1 amide bonds. The van der Waals surface area contributed by atoms with Crippen LogP contribution in [0.4, 0.5) is 0 Å². The van der Waals surface area contributed by atoms with Crippen molar-refractivity contribution >= 4 is 63.4 Å². The minimum Gasteiger partial charge on any atom is -0.507 e. The van der Waals surface area contributed by atoms with Crippen molar-refractivity contribution in [2.24, 2.45) is 22.2 Å². The van der Waals surface area contributed by atoms with Gasteiger partial charge in [0.05, 0.1) is 28.2 Å². The number of aromatic hydroxyl groups is 1. The Kier molecular flexibility index (Phi) is 6.83. The maximum atomic E-state index is 14.6. The number of aliphatic hydroxyl groups is 3. The predicted molar refractivity (Wildman–Crippen MR) is 160 cm³/mol. The summed E-state index contributed by atoms with van der Waals surface area (Å²) in [7, 11) is 0. The van der Waals surface area contributed by atoms with E-state index in [1.165, 1.54) is 55.5 Å². The van der Waals surface area contributed by atoms with E-state index >= 15 is 0 Å². The summed E-state index contributed by atoms with van der Waals surface area (Å²) in [4.78, 5) is 63.9. The van der Waals surface area contributed by atoms with Crippen LogP contribution in [0.25, 0.3) is 17.4 Å². The Morgan fingerprint density at radius 2 is 1.74 bits per heavy atom. The van der Waals surface area contributed by atoms with E-state index in [1.54, 1.807) is 22.6 Å². The number of phenolic OH excluding ortho intramolecular Hbond substituents is 1. The van der Waals surface area contributed by atoms with Gasteiger partial charge in [-0.05, 0) is 46.2 Å². The Labute approximate surface area is 256 Å². The number of halogens is 1. The van der Waals surface area contributed by atoms with Crippen LogP contribution in [0.2, 0.25) is 0 Å². The highest BCUT2D eigenvalue weighted by molar-refractivity contribution is 14.1. The van der Waals surface area contributed by atoms with Gasteiger partial charge in [-0.3, -0.25) is 14.4 Å². The summed E-state index contributed by atoms with van der Waals surface area (Å²) in [5, 5.41) is 58.9. The van der Waals surface area contributed by atoms with Gasteiger partial charge in [-0.2, -0.15) is 0 Å². The molecule has 0 spiro atoms. The van der Waals surface area contributed by atoms with Crippen molar-refractivity contribution in [2.75, 3.05) is 0 Å². The summed E-state index contributed by atoms with van der Waals surface area (Å²) in [6, 6.07) is 9.73. The molecule has 0 saturated heterocycles. The van der Waals surface area contributed by atoms with Crippen molar-refractivity contribution in [3.8, 4) is 5.75 Å². The first-order chi connectivity index (χ1) is 20.2. The number of primary amides is 1. The van der Waals surface area contributed by atoms with Gasteiger partial charge in [0.1, 0.15) is 26.2 Å². The highest BCUT2D eigenvalue weighted by atomic mass is 127. The number of Topliss-reactive ketones (excluding diaryl/α,β-unsaturated/α-hetero) is 2. The largest absolute Gasteiger partial charge is 0.507 e. The van der Waals surface area contributed by atoms with Gasteiger partial charge in [0.25, 0.3) is 5.91 Å². The van der Waals surface area contributed by atoms with Crippen LogP contribution in [-0.2, 0) is 14.4 Å². The van der Waals surface area contributed by atoms with Crippen molar-refractivity contribution in [1.29, 1.82) is 0 Å². The van der Waals surface area contributed by atoms with Crippen molar-refractivity contribution in [2.45, 2.75) is 22.1 Å². The Hall–Kier alpha value is -4.47. The first-order valence-corrected chi connectivity index (χ1v) is 13.8. The van der Waals surface area contributed by atoms with E-state index in [1.807, 2.05) is 0 Å². The molecule has 0 heterocycles. The summed E-state index contributed by atoms with van der Waals surface area (Å²) >= 11 is 1.70. The first-order valence-electron chi connectivity index (χ1n) is 12.7. The van der Waals surface area contributed by atoms with Gasteiger partial charge < -0.3 is 31.3 Å². The van der Waals surface area contributed by atoms with Crippen LogP contribution < -0.4 is 5.73 Å². The molecule has 2 aromatic carbocycles. The molecule has 7 N–H and O–H groups in total. The fraction of sp³-hybridized carbons (Fsp3) is 0.200. The van der Waals surface area contributed by atoms with Gasteiger partial charge in [-0.1, -0.05) is 59.9 Å². The van der Waals surface area contributed by atoms with Gasteiger partial charge in [0.15, 0.2) is 11.4 Å². The molecule has 2 aromatic rings. The summed E-state index contributed by atoms with van der Waals surface area (Å²) in [6.45, 7) is 4.91. The zero-order valence-corrected chi connectivity index (χ0v) is 24.4. The number of nitroso groups, excluding NO2 is 1. The molecular formula is C30H23IN2O10. The molecule has 5 atom stereocenters. The lowest BCUT2D eigenvalue weighted by Gasteiger charge is -2.61. The quantitative estimate of drug-likeness (QED) is 0.0880. The number of fused-ring (bicyclic) bond motifs is 3. The molecule has 3 aliphatic carbocycles. The lowest BCUT2D eigenvalue weighted by atomic mass is 9.45. The number of rotatable bonds is 5. The number of hydrogen-bond donors (Lipinski definition) is 6. The minimum atomic E-state index is -3.21. The van der Waals surface area contributed by atoms with E-state index in [4.69, 9.17) is 5.73 Å². The SMILES string of the molecule is C=C[C@]12[C@H](C)C(=O)C(C(N)=O)=C(N=O)[C@@]1(O)C(=O)C1=C(O)c3c(O)cccc3/C(=C\c3ccc(C(=O)O)cc3)[C@@]1(I)[C@@H]2O. The van der Waals surface area contributed by atoms with E-state index in [0.29, 0.717) is 5.56 Å². The molecule has 3 aliphatic rings. The molecule has 5 rings (SSSR count). The number of aliphatic hydroxyl groups excluding tert-OH is 2. The number of benzene rings is 2. The van der Waals surface area contributed by atoms with Crippen molar-refractivity contribution in [1.82, 2.24) is 0 Å². The third-order valence-corrected chi connectivity index (χ3v) is 10.4. The third kappa shape index (κ3) is 3.55. The zero-order valence-electron chi connectivity index (χ0n) is 22.2. The molecule has 220 valence electrons. The molecule has 1 fully saturated rings. The van der Waals surface area contributed by atoms with Crippen LogP contribution in [-0.4, -0.2) is 64.1 Å². The number of carbonyl (C=O) groups is 4. The van der Waals surface area contributed by atoms with Crippen LogP contribution in [0.5, 0.6) is 5.75 Å². The number of phenols is 1. The third-order valence-electron chi connectivity index (χ3n) is 8.65. The number of amides is 1. The normalized spacial score (nSPS) is 30.8. The van der Waals surface area contributed by atoms with Gasteiger partial charge in [-0.15, -0.1) is 11.5 Å². The fourth-order valence-electron chi connectivity index (χ4n) is 6.55. The number of nitrogens with zero attached hydrogens (tertiary/aromatic N) is 1. The van der Waals surface area contributed by atoms with Crippen LogP contribution in [0, 0.1) is 16.2 Å². The maximum Gasteiger partial charge on any atom is 0.335 e. The summed E-state index contributed by atoms with van der Waals surface area (Å²) in [5.74, 6) is -7.96. The molecular weight excluding hydrogens is 675 g/mol. The second-order valence-electron chi connectivity index (χ2n) is 10.5. The topological polar surface area (TPSA) is 225 Å². The number of carboxylic acid groups (broad SMARTS) is 1. The monoisotopic (exact) mass is 698 g/mol. The Morgan fingerprint density at radius 1 is 1.12 bits per heavy atom. The standard InChI is InChI=1S/C30H23IN2O10/c1-3-28-12(2)21(35)19(25(32)38)23(33-43)30(28,42)24(37)20-22(36)18-15(5-4-6-17(18)34)16(29(20,31)27(28)41)11-13-7-9-14(10-8-13)26(39)40/h3-12,27,34,36,41-42H,1H2,2H3,(H2,32,38)(H,39,40)/b16-11+/t12-,27-,28-,29+,30-/m1/s1.